The minimum atomic E-state index is -0.859. The average molecular weight is 253 g/mol. The van der Waals surface area contributed by atoms with Crippen LogP contribution in [-0.2, 0) is 14.3 Å². The van der Waals surface area contributed by atoms with E-state index in [4.69, 9.17) is 9.84 Å². The lowest BCUT2D eigenvalue weighted by Gasteiger charge is -2.26. The molecule has 1 N–H and O–H groups in total. The van der Waals surface area contributed by atoms with Gasteiger partial charge in [-0.2, -0.15) is 0 Å². The molecule has 3 rings (SSSR count). The van der Waals surface area contributed by atoms with Gasteiger partial charge in [-0.05, 0) is 37.5 Å². The predicted molar refractivity (Wildman–Crippen MR) is 63.0 cm³/mol. The quantitative estimate of drug-likeness (QED) is 0.793. The van der Waals surface area contributed by atoms with E-state index < -0.39 is 12.0 Å². The van der Waals surface area contributed by atoms with Crippen LogP contribution in [0, 0.1) is 11.3 Å². The zero-order chi connectivity index (χ0) is 12.8. The van der Waals surface area contributed by atoms with E-state index in [-0.39, 0.29) is 17.2 Å². The Hall–Kier alpha value is -1.10. The van der Waals surface area contributed by atoms with Crippen LogP contribution in [0.2, 0.25) is 0 Å². The number of rotatable bonds is 2. The molecule has 0 bridgehead atoms. The van der Waals surface area contributed by atoms with E-state index in [2.05, 4.69) is 0 Å². The van der Waals surface area contributed by atoms with Crippen molar-refractivity contribution < 1.29 is 19.4 Å². The third kappa shape index (κ3) is 1.81. The monoisotopic (exact) mass is 253 g/mol. The zero-order valence-electron chi connectivity index (χ0n) is 10.4. The third-order valence-corrected chi connectivity index (χ3v) is 4.80. The van der Waals surface area contributed by atoms with Gasteiger partial charge >= 0.3 is 5.97 Å². The van der Waals surface area contributed by atoms with Crippen LogP contribution in [0.1, 0.15) is 32.1 Å². The fourth-order valence-corrected chi connectivity index (χ4v) is 3.51. The zero-order valence-corrected chi connectivity index (χ0v) is 10.4. The van der Waals surface area contributed by atoms with Gasteiger partial charge in [0.1, 0.15) is 6.04 Å². The second-order valence-corrected chi connectivity index (χ2v) is 5.76. The number of carbonyl (C=O) groups excluding carboxylic acids is 1. The Labute approximate surface area is 106 Å². The average Bonchev–Trinajstić information content (AvgIpc) is 2.86. The van der Waals surface area contributed by atoms with E-state index in [1.54, 1.807) is 4.90 Å². The van der Waals surface area contributed by atoms with Crippen molar-refractivity contribution in [1.29, 1.82) is 0 Å². The molecule has 100 valence electrons. The summed E-state index contributed by atoms with van der Waals surface area (Å²) in [5, 5.41) is 9.12. The molecule has 0 radical (unpaired) electrons. The van der Waals surface area contributed by atoms with Gasteiger partial charge in [0.05, 0.1) is 0 Å². The highest BCUT2D eigenvalue weighted by atomic mass is 16.5. The van der Waals surface area contributed by atoms with Gasteiger partial charge in [0, 0.05) is 25.7 Å². The maximum Gasteiger partial charge on any atom is 0.326 e. The number of carboxylic acids is 1. The predicted octanol–water partition coefficient (Wildman–Crippen LogP) is 0.879. The summed E-state index contributed by atoms with van der Waals surface area (Å²) in [6, 6.07) is -0.588. The molecule has 2 saturated heterocycles. The first kappa shape index (κ1) is 12.0. The Morgan fingerprint density at radius 3 is 2.67 bits per heavy atom. The Balaban J connectivity index is 1.67. The maximum atomic E-state index is 12.4. The van der Waals surface area contributed by atoms with Gasteiger partial charge in [-0.15, -0.1) is 0 Å². The second-order valence-electron chi connectivity index (χ2n) is 5.76. The minimum absolute atomic E-state index is 0.0568. The van der Waals surface area contributed by atoms with E-state index in [1.165, 1.54) is 0 Å². The molecule has 1 saturated carbocycles. The number of likely N-dealkylation sites (tertiary alicyclic amines) is 1. The Kier molecular flexibility index (Phi) is 2.81. The lowest BCUT2D eigenvalue weighted by molar-refractivity contribution is -0.149. The van der Waals surface area contributed by atoms with Crippen molar-refractivity contribution in [3.8, 4) is 0 Å². The van der Waals surface area contributed by atoms with Gasteiger partial charge in [0.25, 0.3) is 0 Å². The topological polar surface area (TPSA) is 66.8 Å². The van der Waals surface area contributed by atoms with Crippen molar-refractivity contribution in [2.45, 2.75) is 38.1 Å². The molecular weight excluding hydrogens is 234 g/mol. The molecule has 1 amide bonds. The fraction of sp³-hybridized carbons (Fsp3) is 0.846. The number of carboxylic acid groups (broad SMARTS) is 1. The normalized spacial score (nSPS) is 33.7. The number of aliphatic carboxylic acids is 1. The number of ether oxygens (including phenoxy) is 1. The molecule has 0 aromatic heterocycles. The molecule has 0 aromatic rings. The molecule has 3 fully saturated rings. The van der Waals surface area contributed by atoms with Crippen LogP contribution in [0.5, 0.6) is 0 Å². The van der Waals surface area contributed by atoms with E-state index in [9.17, 15) is 9.59 Å². The Bertz CT molecular complexity index is 375. The highest BCUT2D eigenvalue weighted by molar-refractivity contribution is 5.88. The van der Waals surface area contributed by atoms with Crippen LogP contribution in [0.4, 0.5) is 0 Å². The van der Waals surface area contributed by atoms with Crippen LogP contribution in [0.25, 0.3) is 0 Å². The van der Waals surface area contributed by atoms with Crippen LogP contribution in [-0.4, -0.2) is 47.7 Å². The van der Waals surface area contributed by atoms with Crippen molar-refractivity contribution >= 4 is 11.9 Å². The summed E-state index contributed by atoms with van der Waals surface area (Å²) in [6.07, 6.45) is 4.25. The van der Waals surface area contributed by atoms with Gasteiger partial charge in [0.15, 0.2) is 0 Å². The molecule has 0 aromatic carbocycles. The van der Waals surface area contributed by atoms with Crippen molar-refractivity contribution in [3.05, 3.63) is 0 Å². The van der Waals surface area contributed by atoms with E-state index in [1.807, 2.05) is 0 Å². The van der Waals surface area contributed by atoms with Crippen molar-refractivity contribution in [3.63, 3.8) is 0 Å². The highest BCUT2D eigenvalue weighted by Gasteiger charge is 2.59. The summed E-state index contributed by atoms with van der Waals surface area (Å²) in [7, 11) is 0. The minimum Gasteiger partial charge on any atom is -0.480 e. The number of carbonyl (C=O) groups is 2. The van der Waals surface area contributed by atoms with Crippen LogP contribution < -0.4 is 0 Å². The molecule has 0 unspecified atom stereocenters. The van der Waals surface area contributed by atoms with Gasteiger partial charge in [-0.1, -0.05) is 0 Å². The van der Waals surface area contributed by atoms with Crippen molar-refractivity contribution in [2.75, 3.05) is 19.8 Å². The van der Waals surface area contributed by atoms with E-state index in [0.29, 0.717) is 13.0 Å². The number of amides is 1. The molecule has 5 nitrogen and oxygen atoms in total. The summed E-state index contributed by atoms with van der Waals surface area (Å²) >= 11 is 0. The third-order valence-electron chi connectivity index (χ3n) is 4.80. The van der Waals surface area contributed by atoms with Gasteiger partial charge in [0.2, 0.25) is 5.91 Å². The molecule has 3 aliphatic rings. The van der Waals surface area contributed by atoms with E-state index in [0.717, 1.165) is 38.9 Å². The maximum absolute atomic E-state index is 12.4. The first-order valence-electron chi connectivity index (χ1n) is 6.75. The van der Waals surface area contributed by atoms with Crippen molar-refractivity contribution in [1.82, 2.24) is 4.90 Å². The van der Waals surface area contributed by atoms with Crippen LogP contribution in [0.15, 0.2) is 0 Å². The Morgan fingerprint density at radius 1 is 1.28 bits per heavy atom. The first-order chi connectivity index (χ1) is 8.64. The lowest BCUT2D eigenvalue weighted by atomic mass is 9.93. The van der Waals surface area contributed by atoms with Gasteiger partial charge in [-0.3, -0.25) is 4.79 Å². The second kappa shape index (κ2) is 4.23. The molecule has 1 spiro atoms. The van der Waals surface area contributed by atoms with Gasteiger partial charge < -0.3 is 14.7 Å². The molecule has 18 heavy (non-hydrogen) atoms. The molecular formula is C13H19NO4. The molecule has 2 heterocycles. The molecule has 2 atom stereocenters. The summed E-state index contributed by atoms with van der Waals surface area (Å²) in [5.41, 5.74) is 0.140. The standard InChI is InChI=1S/C13H19NO4/c15-11(14-5-1-2-10(14)12(16)17)9-8-13(9)3-6-18-7-4-13/h9-10H,1-8H2,(H,16,17)/t9-,10+/m1/s1. The number of hydrogen-bond acceptors (Lipinski definition) is 3. The summed E-state index contributed by atoms with van der Waals surface area (Å²) in [5.74, 6) is -0.731. The molecule has 1 aliphatic carbocycles. The van der Waals surface area contributed by atoms with Crippen molar-refractivity contribution in [2.24, 2.45) is 11.3 Å². The lowest BCUT2D eigenvalue weighted by Crippen LogP contribution is -2.42. The van der Waals surface area contributed by atoms with Gasteiger partial charge in [-0.25, -0.2) is 4.79 Å². The highest BCUT2D eigenvalue weighted by Crippen LogP contribution is 2.60. The van der Waals surface area contributed by atoms with Crippen LogP contribution in [0.3, 0.4) is 0 Å². The largest absolute Gasteiger partial charge is 0.480 e. The smallest absolute Gasteiger partial charge is 0.326 e. The SMILES string of the molecule is O=C(O)[C@@H]1CCCN1C(=O)[C@H]1CC12CCOCC2. The first-order valence-corrected chi connectivity index (χ1v) is 6.75. The van der Waals surface area contributed by atoms with E-state index >= 15 is 0 Å². The van der Waals surface area contributed by atoms with Crippen LogP contribution >= 0.6 is 0 Å². The molecule has 2 aliphatic heterocycles. The summed E-state index contributed by atoms with van der Waals surface area (Å²) < 4.78 is 5.34. The summed E-state index contributed by atoms with van der Waals surface area (Å²) in [6.45, 7) is 2.09. The Morgan fingerprint density at radius 2 is 2.00 bits per heavy atom. The molecule has 5 heteroatoms. The fourth-order valence-electron chi connectivity index (χ4n) is 3.51. The number of nitrogens with zero attached hydrogens (tertiary/aromatic N) is 1. The number of hydrogen-bond donors (Lipinski definition) is 1. The summed E-state index contributed by atoms with van der Waals surface area (Å²) in [4.78, 5) is 25.1.